The number of halogens is 1. The predicted molar refractivity (Wildman–Crippen MR) is 60.7 cm³/mol. The molecule has 0 spiro atoms. The highest BCUT2D eigenvalue weighted by Gasteiger charge is 2.08. The zero-order valence-corrected chi connectivity index (χ0v) is 9.69. The Balaban J connectivity index is 2.56. The van der Waals surface area contributed by atoms with Crippen LogP contribution >= 0.6 is 15.9 Å². The molecule has 0 saturated carbocycles. The summed E-state index contributed by atoms with van der Waals surface area (Å²) in [6.45, 7) is 2.02. The van der Waals surface area contributed by atoms with Crippen molar-refractivity contribution in [1.29, 1.82) is 5.26 Å². The monoisotopic (exact) mass is 261 g/mol. The van der Waals surface area contributed by atoms with Gasteiger partial charge in [0.05, 0.1) is 11.9 Å². The first-order chi connectivity index (χ1) is 7.22. The number of rotatable bonds is 1. The van der Waals surface area contributed by atoms with E-state index in [4.69, 9.17) is 5.26 Å². The van der Waals surface area contributed by atoms with Gasteiger partial charge in [0, 0.05) is 0 Å². The lowest BCUT2D eigenvalue weighted by Crippen LogP contribution is -1.96. The maximum atomic E-state index is 8.80. The van der Waals surface area contributed by atoms with Gasteiger partial charge in [0.15, 0.2) is 0 Å². The van der Waals surface area contributed by atoms with E-state index in [-0.39, 0.29) is 0 Å². The molecule has 0 bridgehead atoms. The van der Waals surface area contributed by atoms with Crippen molar-refractivity contribution in [1.82, 2.24) is 9.78 Å². The molecule has 0 atom stereocenters. The average Bonchev–Trinajstić information content (AvgIpc) is 2.59. The number of hydrogen-bond acceptors (Lipinski definition) is 2. The molecule has 15 heavy (non-hydrogen) atoms. The number of benzene rings is 1. The van der Waals surface area contributed by atoms with Crippen LogP contribution < -0.4 is 0 Å². The Kier molecular flexibility index (Phi) is 2.57. The molecule has 3 nitrogen and oxygen atoms in total. The van der Waals surface area contributed by atoms with Crippen LogP contribution in [0.15, 0.2) is 35.1 Å². The summed E-state index contributed by atoms with van der Waals surface area (Å²) in [5.41, 5.74) is 2.65. The molecule has 1 heterocycles. The molecule has 0 aliphatic carbocycles. The molecule has 1 aromatic heterocycles. The van der Waals surface area contributed by atoms with Crippen LogP contribution in [0.5, 0.6) is 0 Å². The van der Waals surface area contributed by atoms with Crippen molar-refractivity contribution in [3.63, 3.8) is 0 Å². The van der Waals surface area contributed by atoms with E-state index in [0.717, 1.165) is 11.3 Å². The summed E-state index contributed by atoms with van der Waals surface area (Å²) >= 11 is 3.35. The van der Waals surface area contributed by atoms with E-state index in [1.807, 2.05) is 31.2 Å². The van der Waals surface area contributed by atoms with Crippen molar-refractivity contribution in [2.24, 2.45) is 0 Å². The van der Waals surface area contributed by atoms with E-state index in [1.165, 1.54) is 0 Å². The smallest absolute Gasteiger partial charge is 0.127 e. The van der Waals surface area contributed by atoms with Crippen LogP contribution in [0, 0.1) is 18.3 Å². The van der Waals surface area contributed by atoms with E-state index in [9.17, 15) is 0 Å². The van der Waals surface area contributed by atoms with Crippen molar-refractivity contribution >= 4 is 15.9 Å². The maximum absolute atomic E-state index is 8.80. The lowest BCUT2D eigenvalue weighted by molar-refractivity contribution is 0.859. The normalized spacial score (nSPS) is 9.93. The Morgan fingerprint density at radius 1 is 1.47 bits per heavy atom. The van der Waals surface area contributed by atoms with Crippen LogP contribution in [0.2, 0.25) is 0 Å². The van der Waals surface area contributed by atoms with Gasteiger partial charge in [0.2, 0.25) is 0 Å². The Labute approximate surface area is 96.1 Å². The fraction of sp³-hybridized carbons (Fsp3) is 0.0909. The van der Waals surface area contributed by atoms with Crippen molar-refractivity contribution < 1.29 is 0 Å². The third-order valence-corrected chi connectivity index (χ3v) is 2.84. The van der Waals surface area contributed by atoms with Gasteiger partial charge >= 0.3 is 0 Å². The van der Waals surface area contributed by atoms with Crippen LogP contribution in [0.4, 0.5) is 0 Å². The summed E-state index contributed by atoms with van der Waals surface area (Å²) in [5, 5.41) is 12.9. The third kappa shape index (κ3) is 1.79. The third-order valence-electron chi connectivity index (χ3n) is 2.08. The Hall–Kier alpha value is -1.60. The van der Waals surface area contributed by atoms with E-state index < -0.39 is 0 Å². The molecule has 0 amide bonds. The van der Waals surface area contributed by atoms with Crippen molar-refractivity contribution in [3.8, 4) is 11.8 Å². The molecule has 74 valence electrons. The summed E-state index contributed by atoms with van der Waals surface area (Å²) in [5.74, 6) is 0. The highest BCUT2D eigenvalue weighted by molar-refractivity contribution is 9.10. The standard InChI is InChI=1S/C11H8BrN3/c1-8-3-2-4-10(5-8)15-11(12)9(6-13)7-14-15/h2-5,7H,1H3. The number of aromatic nitrogens is 2. The Morgan fingerprint density at radius 2 is 2.27 bits per heavy atom. The minimum absolute atomic E-state index is 0.538. The maximum Gasteiger partial charge on any atom is 0.127 e. The largest absolute Gasteiger partial charge is 0.225 e. The van der Waals surface area contributed by atoms with Crippen LogP contribution in [0.3, 0.4) is 0 Å². The molecule has 0 N–H and O–H groups in total. The molecule has 1 aromatic carbocycles. The topological polar surface area (TPSA) is 41.6 Å². The van der Waals surface area contributed by atoms with Gasteiger partial charge in [0.25, 0.3) is 0 Å². The number of aryl methyl sites for hydroxylation is 1. The fourth-order valence-corrected chi connectivity index (χ4v) is 1.84. The Morgan fingerprint density at radius 3 is 2.87 bits per heavy atom. The van der Waals surface area contributed by atoms with Crippen molar-refractivity contribution in [3.05, 3.63) is 46.2 Å². The lowest BCUT2D eigenvalue weighted by atomic mass is 10.2. The van der Waals surface area contributed by atoms with Crippen molar-refractivity contribution in [2.75, 3.05) is 0 Å². The molecule has 2 aromatic rings. The van der Waals surface area contributed by atoms with Gasteiger partial charge in [-0.2, -0.15) is 10.4 Å². The quantitative estimate of drug-likeness (QED) is 0.792. The average molecular weight is 262 g/mol. The van der Waals surface area contributed by atoms with Crippen LogP contribution in [0.1, 0.15) is 11.1 Å². The van der Waals surface area contributed by atoms with E-state index in [2.05, 4.69) is 27.1 Å². The minimum atomic E-state index is 0.538. The second-order valence-corrected chi connectivity index (χ2v) is 3.96. The predicted octanol–water partition coefficient (Wildman–Crippen LogP) is 2.81. The van der Waals surface area contributed by atoms with Crippen LogP contribution in [-0.2, 0) is 0 Å². The molecule has 0 aliphatic rings. The van der Waals surface area contributed by atoms with Crippen molar-refractivity contribution in [2.45, 2.75) is 6.92 Å². The molecular formula is C11H8BrN3. The second kappa shape index (κ2) is 3.87. The highest BCUT2D eigenvalue weighted by Crippen LogP contribution is 2.20. The van der Waals surface area contributed by atoms with Gasteiger partial charge in [-0.3, -0.25) is 0 Å². The molecule has 0 aliphatic heterocycles. The summed E-state index contributed by atoms with van der Waals surface area (Å²) in [4.78, 5) is 0. The first-order valence-electron chi connectivity index (χ1n) is 4.43. The SMILES string of the molecule is Cc1cccc(-n2ncc(C#N)c2Br)c1. The minimum Gasteiger partial charge on any atom is -0.225 e. The molecule has 2 rings (SSSR count). The van der Waals surface area contributed by atoms with Gasteiger partial charge in [-0.15, -0.1) is 0 Å². The zero-order valence-electron chi connectivity index (χ0n) is 8.11. The summed E-state index contributed by atoms with van der Waals surface area (Å²) in [7, 11) is 0. The highest BCUT2D eigenvalue weighted by atomic mass is 79.9. The van der Waals surface area contributed by atoms with Gasteiger partial charge in [-0.1, -0.05) is 12.1 Å². The van der Waals surface area contributed by atoms with Gasteiger partial charge in [0.1, 0.15) is 16.2 Å². The second-order valence-electron chi connectivity index (χ2n) is 3.21. The molecule has 0 saturated heterocycles. The summed E-state index contributed by atoms with van der Waals surface area (Å²) < 4.78 is 2.39. The molecule has 4 heteroatoms. The van der Waals surface area contributed by atoms with E-state index in [0.29, 0.717) is 10.2 Å². The Bertz CT molecular complexity index is 537. The number of nitrogens with zero attached hydrogens (tertiary/aromatic N) is 3. The van der Waals surface area contributed by atoms with Gasteiger partial charge in [-0.05, 0) is 40.5 Å². The number of nitriles is 1. The van der Waals surface area contributed by atoms with Crippen LogP contribution in [0.25, 0.3) is 5.69 Å². The fourth-order valence-electron chi connectivity index (χ4n) is 1.35. The molecular weight excluding hydrogens is 254 g/mol. The molecule has 0 radical (unpaired) electrons. The first-order valence-corrected chi connectivity index (χ1v) is 5.22. The first kappa shape index (κ1) is 9.94. The van der Waals surface area contributed by atoms with E-state index in [1.54, 1.807) is 10.9 Å². The lowest BCUT2D eigenvalue weighted by Gasteiger charge is -2.03. The van der Waals surface area contributed by atoms with Gasteiger partial charge in [-0.25, -0.2) is 4.68 Å². The summed E-state index contributed by atoms with van der Waals surface area (Å²) in [6, 6.07) is 10.0. The zero-order chi connectivity index (χ0) is 10.8. The van der Waals surface area contributed by atoms with Gasteiger partial charge < -0.3 is 0 Å². The van der Waals surface area contributed by atoms with E-state index >= 15 is 0 Å². The molecule has 0 unspecified atom stereocenters. The summed E-state index contributed by atoms with van der Waals surface area (Å²) in [6.07, 6.45) is 1.55. The number of hydrogen-bond donors (Lipinski definition) is 0. The molecule has 0 fully saturated rings. The van der Waals surface area contributed by atoms with Crippen LogP contribution in [-0.4, -0.2) is 9.78 Å².